The van der Waals surface area contributed by atoms with Crippen LogP contribution in [0, 0.1) is 11.6 Å². The molecule has 0 atom stereocenters. The van der Waals surface area contributed by atoms with E-state index in [9.17, 15) is 18.4 Å². The summed E-state index contributed by atoms with van der Waals surface area (Å²) in [6.45, 7) is -1.18. The predicted molar refractivity (Wildman–Crippen MR) is 67.8 cm³/mol. The van der Waals surface area contributed by atoms with E-state index in [1.54, 1.807) is 0 Å². The lowest BCUT2D eigenvalue weighted by Crippen LogP contribution is -2.34. The van der Waals surface area contributed by atoms with Gasteiger partial charge in [-0.3, -0.25) is 14.5 Å². The molecular weight excluding hydrogens is 286 g/mol. The van der Waals surface area contributed by atoms with Crippen LogP contribution in [-0.2, 0) is 16.2 Å². The number of halogens is 2. The number of benzene rings is 1. The third-order valence-electron chi connectivity index (χ3n) is 2.94. The highest BCUT2D eigenvalue weighted by molar-refractivity contribution is 6.17. The third-order valence-corrected chi connectivity index (χ3v) is 2.94. The van der Waals surface area contributed by atoms with E-state index in [-0.39, 0.29) is 17.8 Å². The number of hydrogen-bond acceptors (Lipinski definition) is 5. The Labute approximate surface area is 118 Å². The summed E-state index contributed by atoms with van der Waals surface area (Å²) >= 11 is 0. The maximum Gasteiger partial charge on any atom is 0.277 e. The van der Waals surface area contributed by atoms with Gasteiger partial charge in [-0.25, -0.2) is 8.78 Å². The molecule has 2 amide bonds. The van der Waals surface area contributed by atoms with Gasteiger partial charge in [-0.15, -0.1) is 0 Å². The van der Waals surface area contributed by atoms with E-state index in [4.69, 9.17) is 10.2 Å². The lowest BCUT2D eigenvalue weighted by molar-refractivity contribution is -0.137. The summed E-state index contributed by atoms with van der Waals surface area (Å²) in [5.74, 6) is -3.84. The Balaban J connectivity index is 2.31. The van der Waals surface area contributed by atoms with Crippen molar-refractivity contribution in [1.29, 1.82) is 0 Å². The number of rotatable bonds is 5. The summed E-state index contributed by atoms with van der Waals surface area (Å²) in [6.07, 6.45) is 0.920. The molecular formula is C13H12F2N2O4. The molecule has 0 saturated heterocycles. The van der Waals surface area contributed by atoms with Crippen LogP contribution in [0.3, 0.4) is 0 Å². The second-order valence-corrected chi connectivity index (χ2v) is 4.26. The van der Waals surface area contributed by atoms with Crippen LogP contribution in [0.1, 0.15) is 5.56 Å². The van der Waals surface area contributed by atoms with Crippen LogP contribution in [0.15, 0.2) is 23.9 Å². The molecule has 0 saturated carbocycles. The van der Waals surface area contributed by atoms with Gasteiger partial charge in [0.25, 0.3) is 11.8 Å². The van der Waals surface area contributed by atoms with Gasteiger partial charge in [-0.2, -0.15) is 0 Å². The maximum absolute atomic E-state index is 13.7. The van der Waals surface area contributed by atoms with Crippen LogP contribution in [0.25, 0.3) is 0 Å². The number of amides is 2. The van der Waals surface area contributed by atoms with Crippen LogP contribution >= 0.6 is 0 Å². The number of hydrogen-bond donors (Lipinski definition) is 3. The Morgan fingerprint density at radius 1 is 1.19 bits per heavy atom. The Morgan fingerprint density at radius 3 is 2.52 bits per heavy atom. The van der Waals surface area contributed by atoms with Gasteiger partial charge in [0.15, 0.2) is 11.6 Å². The second kappa shape index (κ2) is 5.98. The first-order valence-corrected chi connectivity index (χ1v) is 6.02. The van der Waals surface area contributed by atoms with E-state index in [2.05, 4.69) is 5.32 Å². The number of nitrogens with zero attached hydrogens (tertiary/aromatic N) is 1. The van der Waals surface area contributed by atoms with Gasteiger partial charge >= 0.3 is 0 Å². The number of aliphatic hydroxyl groups excluding tert-OH is 2. The van der Waals surface area contributed by atoms with E-state index in [0.29, 0.717) is 0 Å². The molecule has 3 N–H and O–H groups in total. The summed E-state index contributed by atoms with van der Waals surface area (Å²) in [5.41, 5.74) is -0.626. The molecule has 112 valence electrons. The highest BCUT2D eigenvalue weighted by Crippen LogP contribution is 2.26. The molecule has 8 heteroatoms. The molecule has 0 aliphatic carbocycles. The zero-order valence-electron chi connectivity index (χ0n) is 10.8. The van der Waals surface area contributed by atoms with E-state index in [0.717, 1.165) is 23.1 Å². The molecule has 1 aliphatic heterocycles. The molecule has 21 heavy (non-hydrogen) atoms. The van der Waals surface area contributed by atoms with Crippen LogP contribution < -0.4 is 5.32 Å². The van der Waals surface area contributed by atoms with Gasteiger partial charge in [0.1, 0.15) is 5.70 Å². The van der Waals surface area contributed by atoms with Crippen molar-refractivity contribution in [2.75, 3.05) is 18.5 Å². The van der Waals surface area contributed by atoms with Crippen LogP contribution in [0.5, 0.6) is 0 Å². The first-order chi connectivity index (χ1) is 9.99. The smallest absolute Gasteiger partial charge is 0.277 e. The average Bonchev–Trinajstić information content (AvgIpc) is 2.72. The van der Waals surface area contributed by atoms with Crippen molar-refractivity contribution < 1.29 is 28.6 Å². The first kappa shape index (κ1) is 15.1. The third kappa shape index (κ3) is 2.76. The van der Waals surface area contributed by atoms with E-state index < -0.39 is 42.3 Å². The maximum atomic E-state index is 13.7. The van der Waals surface area contributed by atoms with Gasteiger partial charge in [-0.05, 0) is 6.07 Å². The van der Waals surface area contributed by atoms with E-state index >= 15 is 0 Å². The molecule has 0 fully saturated rings. The number of carbonyl (C=O) groups is 2. The number of aliphatic hydroxyl groups is 2. The number of nitrogens with one attached hydrogen (secondary N) is 1. The standard InChI is InChI=1S/C13H12F2N2O4/c14-8-2-1-7(6-19)12(11(8)15)16-9-5-10(20)17(3-4-18)13(9)21/h1-2,5,16,18-19H,3-4,6H2. The Morgan fingerprint density at radius 2 is 1.90 bits per heavy atom. The zero-order valence-corrected chi connectivity index (χ0v) is 10.8. The van der Waals surface area contributed by atoms with Gasteiger partial charge in [0, 0.05) is 11.6 Å². The van der Waals surface area contributed by atoms with Gasteiger partial charge in [0.2, 0.25) is 0 Å². The van der Waals surface area contributed by atoms with E-state index in [1.807, 2.05) is 0 Å². The fourth-order valence-corrected chi connectivity index (χ4v) is 1.90. The normalized spacial score (nSPS) is 14.7. The largest absolute Gasteiger partial charge is 0.395 e. The minimum absolute atomic E-state index is 0.0376. The summed E-state index contributed by atoms with van der Waals surface area (Å²) in [5, 5.41) is 20.2. The fraction of sp³-hybridized carbons (Fsp3) is 0.231. The molecule has 0 bridgehead atoms. The number of β-amino-alcohol motifs (C(OH)–C–C–N with tert-alkyl or cyclic N) is 1. The van der Waals surface area contributed by atoms with Crippen molar-refractivity contribution in [1.82, 2.24) is 4.90 Å². The first-order valence-electron chi connectivity index (χ1n) is 6.02. The van der Waals surface area contributed by atoms with Crippen LogP contribution in [0.4, 0.5) is 14.5 Å². The highest BCUT2D eigenvalue weighted by atomic mass is 19.2. The predicted octanol–water partition coefficient (Wildman–Crippen LogP) is 0.114. The minimum Gasteiger partial charge on any atom is -0.395 e. The number of imide groups is 1. The summed E-state index contributed by atoms with van der Waals surface area (Å²) in [4.78, 5) is 24.2. The molecule has 2 rings (SSSR count). The van der Waals surface area contributed by atoms with Crippen molar-refractivity contribution in [3.8, 4) is 0 Å². The fourth-order valence-electron chi connectivity index (χ4n) is 1.90. The minimum atomic E-state index is -1.26. The molecule has 0 radical (unpaired) electrons. The molecule has 0 aromatic heterocycles. The Hall–Kier alpha value is -2.32. The van der Waals surface area contributed by atoms with E-state index in [1.165, 1.54) is 0 Å². The quantitative estimate of drug-likeness (QED) is 0.672. The number of carbonyl (C=O) groups excluding carboxylic acids is 2. The lowest BCUT2D eigenvalue weighted by Gasteiger charge is -2.15. The van der Waals surface area contributed by atoms with Crippen molar-refractivity contribution >= 4 is 17.5 Å². The summed E-state index contributed by atoms with van der Waals surface area (Å²) < 4.78 is 27.0. The Kier molecular flexibility index (Phi) is 4.29. The summed E-state index contributed by atoms with van der Waals surface area (Å²) in [6, 6.07) is 2.01. The van der Waals surface area contributed by atoms with Crippen LogP contribution in [-0.4, -0.2) is 40.1 Å². The molecule has 6 nitrogen and oxygen atoms in total. The van der Waals surface area contributed by atoms with Crippen molar-refractivity contribution in [3.63, 3.8) is 0 Å². The average molecular weight is 298 g/mol. The molecule has 0 unspecified atom stereocenters. The Bertz CT molecular complexity index is 631. The molecule has 1 aromatic rings. The van der Waals surface area contributed by atoms with Gasteiger partial charge in [0.05, 0.1) is 25.4 Å². The van der Waals surface area contributed by atoms with Crippen LogP contribution in [0.2, 0.25) is 0 Å². The topological polar surface area (TPSA) is 89.9 Å². The highest BCUT2D eigenvalue weighted by Gasteiger charge is 2.31. The monoisotopic (exact) mass is 298 g/mol. The molecule has 1 aromatic carbocycles. The SMILES string of the molecule is O=C1C=C(Nc2c(CO)ccc(F)c2F)C(=O)N1CCO. The molecule has 1 heterocycles. The number of anilines is 1. The van der Waals surface area contributed by atoms with Crippen molar-refractivity contribution in [2.24, 2.45) is 0 Å². The lowest BCUT2D eigenvalue weighted by atomic mass is 10.1. The van der Waals surface area contributed by atoms with Crippen molar-refractivity contribution in [2.45, 2.75) is 6.61 Å². The molecule has 1 aliphatic rings. The van der Waals surface area contributed by atoms with Gasteiger partial charge < -0.3 is 15.5 Å². The second-order valence-electron chi connectivity index (χ2n) is 4.26. The zero-order chi connectivity index (χ0) is 15.6. The summed E-state index contributed by atoms with van der Waals surface area (Å²) in [7, 11) is 0. The molecule has 0 spiro atoms. The van der Waals surface area contributed by atoms with Gasteiger partial charge in [-0.1, -0.05) is 6.07 Å². The van der Waals surface area contributed by atoms with Crippen molar-refractivity contribution in [3.05, 3.63) is 41.1 Å².